The molecule has 37 heavy (non-hydrogen) atoms. The van der Waals surface area contributed by atoms with E-state index in [9.17, 15) is 14.9 Å². The number of oxazole rings is 1. The maximum atomic E-state index is 12.5. The Balaban J connectivity index is 1.27. The average Bonchev–Trinajstić information content (AvgIpc) is 3.08. The summed E-state index contributed by atoms with van der Waals surface area (Å²) in [7, 11) is 0. The lowest BCUT2D eigenvalue weighted by Crippen LogP contribution is -2.46. The molecule has 2 atom stereocenters. The third kappa shape index (κ3) is 6.10. The Kier molecular flexibility index (Phi) is 7.99. The van der Waals surface area contributed by atoms with Crippen LogP contribution in [0.3, 0.4) is 0 Å². The second-order valence-electron chi connectivity index (χ2n) is 9.73. The Hall–Kier alpha value is -3.45. The monoisotopic (exact) mass is 504 g/mol. The van der Waals surface area contributed by atoms with Gasteiger partial charge in [0, 0.05) is 39.3 Å². The van der Waals surface area contributed by atoms with Crippen molar-refractivity contribution >= 4 is 17.0 Å². The summed E-state index contributed by atoms with van der Waals surface area (Å²) < 4.78 is 18.3. The summed E-state index contributed by atoms with van der Waals surface area (Å²) in [4.78, 5) is 25.1. The van der Waals surface area contributed by atoms with Crippen LogP contribution in [0.5, 0.6) is 0 Å². The van der Waals surface area contributed by atoms with Crippen molar-refractivity contribution < 1.29 is 18.7 Å². The molecule has 9 heteroatoms. The second-order valence-corrected chi connectivity index (χ2v) is 9.73. The van der Waals surface area contributed by atoms with Crippen LogP contribution in [0, 0.1) is 17.2 Å². The minimum absolute atomic E-state index is 0.266. The van der Waals surface area contributed by atoms with Gasteiger partial charge in [0.25, 0.3) is 5.91 Å². The van der Waals surface area contributed by atoms with Gasteiger partial charge in [-0.3, -0.25) is 9.36 Å². The molecule has 2 aromatic carbocycles. The van der Waals surface area contributed by atoms with Crippen molar-refractivity contribution in [3.63, 3.8) is 0 Å². The highest BCUT2D eigenvalue weighted by molar-refractivity contribution is 5.82. The van der Waals surface area contributed by atoms with E-state index in [2.05, 4.69) is 16.7 Å². The lowest BCUT2D eigenvalue weighted by Gasteiger charge is -2.21. The normalized spacial score (nSPS) is 19.7. The standard InChI is InChI=1S/C28H32N4O5/c29-16-23(31-27(33)26-17-30-10-1-11-36-26)14-19-2-4-21(5-3-19)22-6-7-25-24(15-22)32(28(34)37-25)18-20-8-12-35-13-9-20/h2-7,15,20,23,26,30H,1,8-14,17-18H2,(H,31,33)/t23-,26-/m0/s1. The number of carbonyl (C=O) groups is 1. The number of fused-ring (bicyclic) bond motifs is 1. The van der Waals surface area contributed by atoms with Crippen LogP contribution in [0.4, 0.5) is 0 Å². The van der Waals surface area contributed by atoms with E-state index < -0.39 is 12.1 Å². The summed E-state index contributed by atoms with van der Waals surface area (Å²) in [5.74, 6) is -0.199. The number of carbonyl (C=O) groups excluding carboxylic acids is 1. The van der Waals surface area contributed by atoms with Crippen molar-refractivity contribution in [2.75, 3.05) is 32.9 Å². The number of aromatic nitrogens is 1. The molecule has 2 saturated heterocycles. The zero-order valence-corrected chi connectivity index (χ0v) is 20.8. The molecule has 1 amide bonds. The Morgan fingerprint density at radius 3 is 2.70 bits per heavy atom. The highest BCUT2D eigenvalue weighted by atomic mass is 16.5. The number of hydrogen-bond acceptors (Lipinski definition) is 7. The Bertz CT molecular complexity index is 1310. The first-order chi connectivity index (χ1) is 18.1. The Morgan fingerprint density at radius 1 is 1.14 bits per heavy atom. The van der Waals surface area contributed by atoms with Gasteiger partial charge in [-0.25, -0.2) is 4.79 Å². The van der Waals surface area contributed by atoms with Crippen LogP contribution >= 0.6 is 0 Å². The minimum atomic E-state index is -0.646. The number of benzene rings is 2. The molecule has 0 spiro atoms. The predicted molar refractivity (Wildman–Crippen MR) is 138 cm³/mol. The second kappa shape index (κ2) is 11.7. The first-order valence-corrected chi connectivity index (χ1v) is 12.9. The summed E-state index contributed by atoms with van der Waals surface area (Å²) in [5.41, 5.74) is 4.28. The Labute approximate surface area is 215 Å². The average molecular weight is 505 g/mol. The van der Waals surface area contributed by atoms with E-state index in [4.69, 9.17) is 13.9 Å². The van der Waals surface area contributed by atoms with Gasteiger partial charge in [-0.1, -0.05) is 30.3 Å². The lowest BCUT2D eigenvalue weighted by atomic mass is 9.99. The molecular formula is C28H32N4O5. The van der Waals surface area contributed by atoms with Crippen LogP contribution in [0.25, 0.3) is 22.2 Å². The molecule has 0 aliphatic carbocycles. The first-order valence-electron chi connectivity index (χ1n) is 12.9. The van der Waals surface area contributed by atoms with Gasteiger partial charge >= 0.3 is 5.76 Å². The lowest BCUT2D eigenvalue weighted by molar-refractivity contribution is -0.132. The summed E-state index contributed by atoms with van der Waals surface area (Å²) in [6, 6.07) is 15.2. The van der Waals surface area contributed by atoms with Crippen molar-refractivity contribution in [1.82, 2.24) is 15.2 Å². The molecule has 5 rings (SSSR count). The number of hydrogen-bond donors (Lipinski definition) is 2. The summed E-state index contributed by atoms with van der Waals surface area (Å²) >= 11 is 0. The molecule has 2 aliphatic heterocycles. The van der Waals surface area contributed by atoms with Crippen LogP contribution in [-0.2, 0) is 27.2 Å². The molecule has 194 valence electrons. The predicted octanol–water partition coefficient (Wildman–Crippen LogP) is 2.62. The molecule has 2 aliphatic rings. The van der Waals surface area contributed by atoms with Crippen LogP contribution in [0.1, 0.15) is 24.8 Å². The number of rotatable bonds is 7. The van der Waals surface area contributed by atoms with Gasteiger partial charge in [0.1, 0.15) is 12.1 Å². The molecule has 2 fully saturated rings. The summed E-state index contributed by atoms with van der Waals surface area (Å²) in [6.45, 7) is 3.88. The maximum Gasteiger partial charge on any atom is 0.419 e. The van der Waals surface area contributed by atoms with E-state index in [0.29, 0.717) is 37.6 Å². The first kappa shape index (κ1) is 25.2. The molecular weight excluding hydrogens is 472 g/mol. The highest BCUT2D eigenvalue weighted by Gasteiger charge is 2.23. The van der Waals surface area contributed by atoms with Crippen LogP contribution < -0.4 is 16.4 Å². The van der Waals surface area contributed by atoms with Crippen molar-refractivity contribution in [3.05, 3.63) is 58.6 Å². The SMILES string of the molecule is N#C[C@H](Cc1ccc(-c2ccc3oc(=O)n(CC4CCOCC4)c3c2)cc1)NC(=O)[C@@H]1CNCCCO1. The van der Waals surface area contributed by atoms with Gasteiger partial charge in [-0.2, -0.15) is 5.26 Å². The zero-order valence-electron chi connectivity index (χ0n) is 20.8. The minimum Gasteiger partial charge on any atom is -0.408 e. The number of nitrogens with zero attached hydrogens (tertiary/aromatic N) is 2. The molecule has 1 aromatic heterocycles. The third-order valence-electron chi connectivity index (χ3n) is 7.09. The van der Waals surface area contributed by atoms with E-state index in [1.165, 1.54) is 0 Å². The van der Waals surface area contributed by atoms with E-state index >= 15 is 0 Å². The number of nitriles is 1. The van der Waals surface area contributed by atoms with Gasteiger partial charge in [-0.05, 0) is 60.5 Å². The van der Waals surface area contributed by atoms with E-state index in [1.807, 2.05) is 42.5 Å². The fourth-order valence-corrected chi connectivity index (χ4v) is 4.95. The largest absolute Gasteiger partial charge is 0.419 e. The molecule has 9 nitrogen and oxygen atoms in total. The van der Waals surface area contributed by atoms with Gasteiger partial charge in [-0.15, -0.1) is 0 Å². The van der Waals surface area contributed by atoms with Crippen LogP contribution in [-0.4, -0.2) is 55.5 Å². The third-order valence-corrected chi connectivity index (χ3v) is 7.09. The fraction of sp³-hybridized carbons (Fsp3) is 0.464. The number of nitrogens with one attached hydrogen (secondary N) is 2. The molecule has 2 N–H and O–H groups in total. The van der Waals surface area contributed by atoms with Crippen LogP contribution in [0.2, 0.25) is 0 Å². The van der Waals surface area contributed by atoms with Crippen molar-refractivity contribution in [3.8, 4) is 17.2 Å². The van der Waals surface area contributed by atoms with Crippen molar-refractivity contribution in [2.45, 2.75) is 44.4 Å². The van der Waals surface area contributed by atoms with E-state index in [-0.39, 0.29) is 11.7 Å². The van der Waals surface area contributed by atoms with Gasteiger partial charge in [0.15, 0.2) is 5.58 Å². The highest BCUT2D eigenvalue weighted by Crippen LogP contribution is 2.26. The number of amides is 1. The van der Waals surface area contributed by atoms with Gasteiger partial charge in [0.05, 0.1) is 11.6 Å². The van der Waals surface area contributed by atoms with Gasteiger partial charge in [0.2, 0.25) is 0 Å². The topological polar surface area (TPSA) is 119 Å². The smallest absolute Gasteiger partial charge is 0.408 e. The molecule has 3 aromatic rings. The molecule has 0 radical (unpaired) electrons. The fourth-order valence-electron chi connectivity index (χ4n) is 4.95. The van der Waals surface area contributed by atoms with E-state index in [0.717, 1.165) is 61.2 Å². The Morgan fingerprint density at radius 2 is 1.92 bits per heavy atom. The van der Waals surface area contributed by atoms with Gasteiger partial charge < -0.3 is 24.5 Å². The van der Waals surface area contributed by atoms with Crippen molar-refractivity contribution in [2.24, 2.45) is 5.92 Å². The summed E-state index contributed by atoms with van der Waals surface area (Å²) in [5, 5.41) is 15.6. The number of ether oxygens (including phenoxy) is 2. The molecule has 3 heterocycles. The molecule has 0 bridgehead atoms. The van der Waals surface area contributed by atoms with Crippen molar-refractivity contribution in [1.29, 1.82) is 5.26 Å². The zero-order chi connectivity index (χ0) is 25.6. The molecule has 0 unspecified atom stereocenters. The quantitative estimate of drug-likeness (QED) is 0.508. The summed E-state index contributed by atoms with van der Waals surface area (Å²) in [6.07, 6.45) is 2.56. The molecule has 0 saturated carbocycles. The van der Waals surface area contributed by atoms with Crippen LogP contribution in [0.15, 0.2) is 51.7 Å². The van der Waals surface area contributed by atoms with E-state index in [1.54, 1.807) is 4.57 Å². The maximum absolute atomic E-state index is 12.5.